The van der Waals surface area contributed by atoms with E-state index in [1.807, 2.05) is 0 Å². The maximum Gasteiger partial charge on any atom is 0.0566 e. The number of rotatable bonds is 12. The fourth-order valence-electron chi connectivity index (χ4n) is 3.29. The molecule has 0 aliphatic carbocycles. The molecule has 2 rings (SSSR count). The Kier molecular flexibility index (Phi) is 10.2. The first-order chi connectivity index (χ1) is 15.4. The minimum atomic E-state index is -5.14. The van der Waals surface area contributed by atoms with E-state index in [-0.39, 0.29) is 43.6 Å². The number of halogens is 6. The summed E-state index contributed by atoms with van der Waals surface area (Å²) in [5.74, 6) is -2.57. The van der Waals surface area contributed by atoms with Crippen molar-refractivity contribution in [3.05, 3.63) is 28.8 Å². The summed E-state index contributed by atoms with van der Waals surface area (Å²) in [7, 11) is 0. The molecule has 0 bridgehead atoms. The van der Waals surface area contributed by atoms with Crippen LogP contribution in [0.15, 0.2) is 12.1 Å². The van der Waals surface area contributed by atoms with Crippen molar-refractivity contribution in [2.45, 2.75) is 51.4 Å². The first kappa shape index (κ1) is 28.1. The van der Waals surface area contributed by atoms with Crippen molar-refractivity contribution in [3.8, 4) is 5.75 Å². The summed E-state index contributed by atoms with van der Waals surface area (Å²) in [5, 5.41) is 0. The molecular formula is C21H26BiF6O5. The molecule has 0 atom stereocenters. The Morgan fingerprint density at radius 2 is 1.55 bits per heavy atom. The van der Waals surface area contributed by atoms with Crippen LogP contribution in [-0.4, -0.2) is 64.2 Å². The third-order valence-electron chi connectivity index (χ3n) is 5.43. The maximum absolute atomic E-state index is 13.4. The van der Waals surface area contributed by atoms with Crippen molar-refractivity contribution < 1.29 is 48.2 Å². The van der Waals surface area contributed by atoms with Gasteiger partial charge in [0, 0.05) is 12.0 Å². The Morgan fingerprint density at radius 3 is 1.97 bits per heavy atom. The van der Waals surface area contributed by atoms with Crippen LogP contribution in [0, 0.1) is 5.41 Å². The summed E-state index contributed by atoms with van der Waals surface area (Å²) in [6, 6.07) is 0.663. The van der Waals surface area contributed by atoms with Crippen LogP contribution in [0.25, 0.3) is 0 Å². The Labute approximate surface area is 203 Å². The fraction of sp³-hybridized carbons (Fsp3) is 0.667. The average Bonchev–Trinajstić information content (AvgIpc) is 2.71. The van der Waals surface area contributed by atoms with Gasteiger partial charge in [-0.2, -0.15) is 0 Å². The van der Waals surface area contributed by atoms with Crippen LogP contribution in [0.1, 0.15) is 60.5 Å². The van der Waals surface area contributed by atoms with E-state index >= 15 is 0 Å². The topological polar surface area (TPSA) is 54.0 Å². The molecule has 33 heavy (non-hydrogen) atoms. The van der Waals surface area contributed by atoms with Crippen LogP contribution >= 0.6 is 0 Å². The molecule has 1 heterocycles. The van der Waals surface area contributed by atoms with Gasteiger partial charge in [0.1, 0.15) is 0 Å². The molecule has 1 aliphatic rings. The number of alkyl halides is 6. The molecule has 1 fully saturated rings. The van der Waals surface area contributed by atoms with Crippen molar-refractivity contribution in [1.29, 1.82) is 0 Å². The number of hydrogen-bond acceptors (Lipinski definition) is 5. The van der Waals surface area contributed by atoms with Crippen LogP contribution in [-0.2, 0) is 24.6 Å². The Hall–Kier alpha value is -1.13. The summed E-state index contributed by atoms with van der Waals surface area (Å²) in [4.78, 5) is 11.6. The Balaban J connectivity index is 1.91. The Bertz CT molecular complexity index is 752. The van der Waals surface area contributed by atoms with E-state index in [0.717, 1.165) is 12.8 Å². The summed E-state index contributed by atoms with van der Waals surface area (Å²) < 4.78 is 101. The van der Waals surface area contributed by atoms with E-state index in [0.29, 0.717) is 51.4 Å². The van der Waals surface area contributed by atoms with Gasteiger partial charge < -0.3 is 9.47 Å². The molecule has 1 saturated heterocycles. The van der Waals surface area contributed by atoms with Crippen molar-refractivity contribution in [2.75, 3.05) is 33.0 Å². The molecule has 1 radical (unpaired) electrons. The van der Waals surface area contributed by atoms with E-state index in [9.17, 15) is 31.1 Å². The number of carbonyl (C=O) groups is 1. The van der Waals surface area contributed by atoms with Gasteiger partial charge in [-0.1, -0.05) is 6.92 Å². The summed E-state index contributed by atoms with van der Waals surface area (Å²) in [5.41, 5.74) is -4.04. The zero-order chi connectivity index (χ0) is 24.7. The molecule has 0 saturated carbocycles. The molecule has 0 N–H and O–H groups in total. The second-order valence-corrected chi connectivity index (χ2v) is 8.74. The van der Waals surface area contributed by atoms with Crippen LogP contribution < -0.4 is 4.74 Å². The van der Waals surface area contributed by atoms with Crippen LogP contribution in [0.4, 0.5) is 26.3 Å². The molecule has 0 spiro atoms. The molecule has 0 aromatic heterocycles. The van der Waals surface area contributed by atoms with E-state index in [1.165, 1.54) is 0 Å². The molecule has 0 amide bonds. The van der Waals surface area contributed by atoms with Crippen LogP contribution in [0.5, 0.6) is 5.75 Å². The predicted octanol–water partition coefficient (Wildman–Crippen LogP) is 5.08. The van der Waals surface area contributed by atoms with Crippen molar-refractivity contribution in [1.82, 2.24) is 0 Å². The number of hydrogen-bond donors (Lipinski definition) is 0. The second-order valence-electron chi connectivity index (χ2n) is 7.95. The maximum atomic E-state index is 13.4. The molecular weight excluding hydrogens is 655 g/mol. The van der Waals surface area contributed by atoms with E-state index in [2.05, 4.69) is 9.74 Å². The van der Waals surface area contributed by atoms with Gasteiger partial charge in [-0.15, -0.1) is 0 Å². The Morgan fingerprint density at radius 1 is 1.00 bits per heavy atom. The first-order valence-corrected chi connectivity index (χ1v) is 12.0. The summed E-state index contributed by atoms with van der Waals surface area (Å²) in [6.07, 6.45) is -7.08. The third-order valence-corrected chi connectivity index (χ3v) is 6.15. The van der Waals surface area contributed by atoms with E-state index < -0.39 is 40.8 Å². The standard InChI is InChI=1S/C21H26F6O5.Bi.H/c1-2-19(12-31-13-19)11-30-7-5-3-4-6-8-32-17-15(20(22,23)24)9-14(18(28)29)10-16(17)21(25,26)27;;/h9-10H,2-8,11-13H2,1H3,(H,28,29);;/q;+1;/p-1. The van der Waals surface area contributed by atoms with Gasteiger partial charge in [-0.3, -0.25) is 0 Å². The normalized spacial score (nSPS) is 15.8. The van der Waals surface area contributed by atoms with Crippen molar-refractivity contribution >= 4 is 31.1 Å². The van der Waals surface area contributed by atoms with Crippen LogP contribution in [0.3, 0.4) is 0 Å². The molecule has 0 unspecified atom stereocenters. The van der Waals surface area contributed by atoms with Gasteiger partial charge in [0.15, 0.2) is 0 Å². The first-order valence-electron chi connectivity index (χ1n) is 10.4. The smallest absolute Gasteiger partial charge is 0.0566 e. The SMILES string of the molecule is CCC1(COCCCCCCOc2c(C(F)(F)F)cc(C(=O)[O][BiH])cc2C(F)(F)F)COC1. The minimum Gasteiger partial charge on any atom is -0.380 e. The molecule has 1 aromatic carbocycles. The number of unbranched alkanes of at least 4 members (excludes halogenated alkanes) is 3. The fourth-order valence-corrected chi connectivity index (χ4v) is 3.74. The second kappa shape index (κ2) is 12.0. The zero-order valence-electron chi connectivity index (χ0n) is 18.0. The van der Waals surface area contributed by atoms with Crippen molar-refractivity contribution in [3.63, 3.8) is 0 Å². The van der Waals surface area contributed by atoms with Gasteiger partial charge in [0.2, 0.25) is 0 Å². The molecule has 12 heteroatoms. The average molecular weight is 681 g/mol. The molecule has 5 nitrogen and oxygen atoms in total. The third kappa shape index (κ3) is 7.96. The van der Waals surface area contributed by atoms with Gasteiger partial charge in [0.05, 0.1) is 19.8 Å². The summed E-state index contributed by atoms with van der Waals surface area (Å²) >= 11 is -0.174. The molecule has 187 valence electrons. The number of benzene rings is 1. The number of carbonyl (C=O) groups excluding carboxylic acids is 1. The zero-order valence-corrected chi connectivity index (χ0v) is 21.9. The predicted molar refractivity (Wildman–Crippen MR) is 107 cm³/mol. The quantitative estimate of drug-likeness (QED) is 0.175. The molecule has 1 aliphatic heterocycles. The van der Waals surface area contributed by atoms with Gasteiger partial charge in [0.25, 0.3) is 0 Å². The van der Waals surface area contributed by atoms with Gasteiger partial charge in [-0.25, -0.2) is 0 Å². The largest absolute Gasteiger partial charge is 0.380 e. The van der Waals surface area contributed by atoms with Gasteiger partial charge >= 0.3 is 149 Å². The summed E-state index contributed by atoms with van der Waals surface area (Å²) in [6.45, 7) is 4.25. The van der Waals surface area contributed by atoms with Crippen molar-refractivity contribution in [2.24, 2.45) is 5.41 Å². The van der Waals surface area contributed by atoms with E-state index in [1.54, 1.807) is 0 Å². The minimum absolute atomic E-state index is 0.0889. The number of ether oxygens (including phenoxy) is 3. The van der Waals surface area contributed by atoms with E-state index in [4.69, 9.17) is 14.2 Å². The monoisotopic (exact) mass is 681 g/mol. The molecule has 1 aromatic rings. The van der Waals surface area contributed by atoms with Crippen LogP contribution in [0.2, 0.25) is 0 Å². The van der Waals surface area contributed by atoms with Gasteiger partial charge in [-0.05, 0) is 6.42 Å².